The van der Waals surface area contributed by atoms with E-state index in [1.165, 1.54) is 9.80 Å². The van der Waals surface area contributed by atoms with Crippen molar-refractivity contribution in [2.45, 2.75) is 25.9 Å². The van der Waals surface area contributed by atoms with Crippen molar-refractivity contribution in [2.75, 3.05) is 30.0 Å². The first kappa shape index (κ1) is 19.2. The Morgan fingerprint density at radius 3 is 2.69 bits per heavy atom. The molecule has 4 rings (SSSR count). The number of morpholine rings is 1. The summed E-state index contributed by atoms with van der Waals surface area (Å²) in [6.45, 7) is 2.44. The van der Waals surface area contributed by atoms with E-state index < -0.39 is 23.5 Å². The fourth-order valence-corrected chi connectivity index (χ4v) is 3.41. The number of rotatable bonds is 2. The monoisotopic (exact) mass is 410 g/mol. The van der Waals surface area contributed by atoms with Crippen LogP contribution in [0.2, 0.25) is 0 Å². The maximum Gasteiger partial charge on any atom is 0.322 e. The summed E-state index contributed by atoms with van der Waals surface area (Å²) in [6, 6.07) is 0.478. The van der Waals surface area contributed by atoms with E-state index in [1.54, 1.807) is 6.92 Å². The Balaban J connectivity index is 1.56. The van der Waals surface area contributed by atoms with Crippen LogP contribution in [0.1, 0.15) is 18.2 Å². The highest BCUT2D eigenvalue weighted by atomic mass is 19.2. The Morgan fingerprint density at radius 1 is 1.28 bits per heavy atom. The minimum absolute atomic E-state index is 0.0717. The maximum atomic E-state index is 13.4. The van der Waals surface area contributed by atoms with Crippen LogP contribution in [0, 0.1) is 17.5 Å². The molecule has 154 valence electrons. The largest absolute Gasteiger partial charge is 0.370 e. The van der Waals surface area contributed by atoms with E-state index in [-0.39, 0.29) is 36.7 Å². The Bertz CT molecular complexity index is 957. The van der Waals surface area contributed by atoms with Gasteiger partial charge in [0.25, 0.3) is 5.91 Å². The Labute approximate surface area is 163 Å². The number of hydrogen-bond donors (Lipinski definition) is 1. The van der Waals surface area contributed by atoms with Crippen molar-refractivity contribution >= 4 is 23.5 Å². The smallest absolute Gasteiger partial charge is 0.322 e. The minimum Gasteiger partial charge on any atom is -0.370 e. The van der Waals surface area contributed by atoms with Gasteiger partial charge < -0.3 is 19.5 Å². The molecule has 8 nitrogen and oxygen atoms in total. The number of carbonyl (C=O) groups is 2. The van der Waals surface area contributed by atoms with Crippen molar-refractivity contribution in [1.82, 2.24) is 10.1 Å². The van der Waals surface area contributed by atoms with Crippen LogP contribution in [-0.2, 0) is 22.5 Å². The van der Waals surface area contributed by atoms with Gasteiger partial charge in [-0.05, 0) is 6.92 Å². The standard InChI is InChI=1S/C18H17F3N4O4/c1-9-4-14-11(17(29-23-14)24-2-3-28-8-15(24)26)7-25(9)18(27)22-10-5-12(19)16(21)13(20)6-10/h5-6,9H,2-4,7-8H2,1H3,(H,22,27)/t9-/m0/s1. The molecule has 1 fully saturated rings. The summed E-state index contributed by atoms with van der Waals surface area (Å²) < 4.78 is 50.4. The number of carbonyl (C=O) groups excluding carboxylic acids is 2. The fraction of sp³-hybridized carbons (Fsp3) is 0.389. The molecule has 0 bridgehead atoms. The zero-order valence-corrected chi connectivity index (χ0v) is 15.4. The number of urea groups is 1. The van der Waals surface area contributed by atoms with Crippen LogP contribution >= 0.6 is 0 Å². The van der Waals surface area contributed by atoms with Crippen molar-refractivity contribution < 1.29 is 32.0 Å². The molecule has 1 N–H and O–H groups in total. The quantitative estimate of drug-likeness (QED) is 0.769. The third-order valence-corrected chi connectivity index (χ3v) is 4.93. The van der Waals surface area contributed by atoms with E-state index in [4.69, 9.17) is 9.26 Å². The van der Waals surface area contributed by atoms with E-state index in [0.717, 1.165) is 0 Å². The van der Waals surface area contributed by atoms with E-state index in [9.17, 15) is 22.8 Å². The van der Waals surface area contributed by atoms with Crippen LogP contribution in [0.5, 0.6) is 0 Å². The SMILES string of the molecule is C[C@H]1Cc2noc(N3CCOCC3=O)c2CN1C(=O)Nc1cc(F)c(F)c(F)c1. The first-order valence-corrected chi connectivity index (χ1v) is 8.93. The van der Waals surface area contributed by atoms with Crippen LogP contribution in [-0.4, -0.2) is 47.8 Å². The zero-order chi connectivity index (χ0) is 20.7. The van der Waals surface area contributed by atoms with Crippen molar-refractivity contribution in [1.29, 1.82) is 0 Å². The van der Waals surface area contributed by atoms with Crippen LogP contribution in [0.3, 0.4) is 0 Å². The number of amides is 3. The fourth-order valence-electron chi connectivity index (χ4n) is 3.41. The molecule has 3 heterocycles. The molecule has 2 aromatic rings. The molecule has 3 amide bonds. The molecule has 0 spiro atoms. The lowest BCUT2D eigenvalue weighted by atomic mass is 10.0. The predicted molar refractivity (Wildman–Crippen MR) is 93.7 cm³/mol. The molecule has 2 aliphatic heterocycles. The van der Waals surface area contributed by atoms with Gasteiger partial charge >= 0.3 is 6.03 Å². The second-order valence-corrected chi connectivity index (χ2v) is 6.88. The number of benzene rings is 1. The Hall–Kier alpha value is -3.08. The highest BCUT2D eigenvalue weighted by Gasteiger charge is 2.35. The minimum atomic E-state index is -1.61. The van der Waals surface area contributed by atoms with E-state index in [2.05, 4.69) is 10.5 Å². The third kappa shape index (κ3) is 3.53. The molecule has 1 saturated heterocycles. The Morgan fingerprint density at radius 2 is 2.00 bits per heavy atom. The summed E-state index contributed by atoms with van der Waals surface area (Å²) >= 11 is 0. The lowest BCUT2D eigenvalue weighted by molar-refractivity contribution is -0.126. The molecule has 0 saturated carbocycles. The molecule has 0 aliphatic carbocycles. The van der Waals surface area contributed by atoms with Gasteiger partial charge in [-0.15, -0.1) is 0 Å². The van der Waals surface area contributed by atoms with Crippen LogP contribution in [0.4, 0.5) is 29.5 Å². The summed E-state index contributed by atoms with van der Waals surface area (Å²) in [5.41, 5.74) is 1.01. The van der Waals surface area contributed by atoms with Gasteiger partial charge in [0.1, 0.15) is 6.61 Å². The number of ether oxygens (including phenoxy) is 1. The highest BCUT2D eigenvalue weighted by molar-refractivity contribution is 5.94. The average Bonchev–Trinajstić information content (AvgIpc) is 3.08. The maximum absolute atomic E-state index is 13.4. The lowest BCUT2D eigenvalue weighted by Crippen LogP contribution is -2.46. The molecule has 2 aliphatic rings. The number of anilines is 2. The number of nitrogens with zero attached hydrogens (tertiary/aromatic N) is 3. The number of halogens is 3. The molecular weight excluding hydrogens is 393 g/mol. The second-order valence-electron chi connectivity index (χ2n) is 6.88. The predicted octanol–water partition coefficient (Wildman–Crippen LogP) is 2.43. The summed E-state index contributed by atoms with van der Waals surface area (Å²) in [6.07, 6.45) is 0.372. The van der Waals surface area contributed by atoms with Crippen molar-refractivity contribution in [3.8, 4) is 0 Å². The van der Waals surface area contributed by atoms with Gasteiger partial charge in [-0.25, -0.2) is 18.0 Å². The molecule has 1 atom stereocenters. The van der Waals surface area contributed by atoms with Crippen LogP contribution in [0.25, 0.3) is 0 Å². The van der Waals surface area contributed by atoms with Gasteiger partial charge in [0, 0.05) is 30.3 Å². The number of hydrogen-bond acceptors (Lipinski definition) is 5. The van der Waals surface area contributed by atoms with Gasteiger partial charge in [0.05, 0.1) is 31.0 Å². The van der Waals surface area contributed by atoms with E-state index in [1.807, 2.05) is 0 Å². The summed E-state index contributed by atoms with van der Waals surface area (Å²) in [5, 5.41) is 6.39. The normalized spacial score (nSPS) is 19.3. The summed E-state index contributed by atoms with van der Waals surface area (Å²) in [5.74, 6) is -4.43. The van der Waals surface area contributed by atoms with Gasteiger partial charge in [0.2, 0.25) is 5.88 Å². The van der Waals surface area contributed by atoms with E-state index in [0.29, 0.717) is 43.0 Å². The van der Waals surface area contributed by atoms with Crippen molar-refractivity contribution in [3.63, 3.8) is 0 Å². The van der Waals surface area contributed by atoms with Crippen LogP contribution < -0.4 is 10.2 Å². The lowest BCUT2D eigenvalue weighted by Gasteiger charge is -2.33. The van der Waals surface area contributed by atoms with Crippen molar-refractivity contribution in [2.24, 2.45) is 0 Å². The Kier molecular flexibility index (Phi) is 4.91. The topological polar surface area (TPSA) is 87.9 Å². The molecule has 29 heavy (non-hydrogen) atoms. The average molecular weight is 410 g/mol. The summed E-state index contributed by atoms with van der Waals surface area (Å²) in [4.78, 5) is 27.6. The van der Waals surface area contributed by atoms with E-state index >= 15 is 0 Å². The first-order chi connectivity index (χ1) is 13.8. The molecule has 11 heteroatoms. The van der Waals surface area contributed by atoms with Gasteiger partial charge in [-0.3, -0.25) is 9.69 Å². The number of aromatic nitrogens is 1. The first-order valence-electron chi connectivity index (χ1n) is 8.93. The van der Waals surface area contributed by atoms with Gasteiger partial charge in [0.15, 0.2) is 17.5 Å². The number of nitrogens with one attached hydrogen (secondary N) is 1. The molecule has 0 unspecified atom stereocenters. The molecular formula is C18H17F3N4O4. The molecule has 1 aromatic heterocycles. The molecule has 0 radical (unpaired) electrons. The summed E-state index contributed by atoms with van der Waals surface area (Å²) in [7, 11) is 0. The second kappa shape index (κ2) is 7.39. The zero-order valence-electron chi connectivity index (χ0n) is 15.4. The highest BCUT2D eigenvalue weighted by Crippen LogP contribution is 2.32. The number of fused-ring (bicyclic) bond motifs is 1. The molecule has 1 aromatic carbocycles. The van der Waals surface area contributed by atoms with Crippen LogP contribution in [0.15, 0.2) is 16.7 Å². The van der Waals surface area contributed by atoms with Gasteiger partial charge in [-0.1, -0.05) is 5.16 Å². The van der Waals surface area contributed by atoms with Crippen molar-refractivity contribution in [3.05, 3.63) is 40.8 Å². The third-order valence-electron chi connectivity index (χ3n) is 4.93. The van der Waals surface area contributed by atoms with Gasteiger partial charge in [-0.2, -0.15) is 0 Å².